The van der Waals surface area contributed by atoms with E-state index in [-0.39, 0.29) is 0 Å². The van der Waals surface area contributed by atoms with Crippen molar-refractivity contribution in [3.8, 4) is 10.4 Å². The summed E-state index contributed by atoms with van der Waals surface area (Å²) in [5.41, 5.74) is -0.401. The molecule has 0 bridgehead atoms. The van der Waals surface area contributed by atoms with E-state index in [9.17, 15) is 18.0 Å². The van der Waals surface area contributed by atoms with Crippen LogP contribution in [0, 0.1) is 0 Å². The average molecular weight is 436 g/mol. The number of amides is 3. The van der Waals surface area contributed by atoms with Gasteiger partial charge in [-0.2, -0.15) is 4.31 Å². The van der Waals surface area contributed by atoms with E-state index in [0.717, 1.165) is 16.3 Å². The van der Waals surface area contributed by atoms with E-state index in [0.29, 0.717) is 26.2 Å². The zero-order chi connectivity index (χ0) is 20.6. The lowest BCUT2D eigenvalue weighted by Gasteiger charge is -2.35. The number of urea groups is 1. The highest BCUT2D eigenvalue weighted by Crippen LogP contribution is 2.26. The van der Waals surface area contributed by atoms with Gasteiger partial charge in [0.15, 0.2) is 0 Å². The van der Waals surface area contributed by atoms with Crippen LogP contribution in [0.1, 0.15) is 6.92 Å². The minimum absolute atomic E-state index is 0.294. The zero-order valence-corrected chi connectivity index (χ0v) is 17.4. The predicted molar refractivity (Wildman–Crippen MR) is 110 cm³/mol. The number of hydrogen-bond acceptors (Lipinski definition) is 7. The van der Waals surface area contributed by atoms with E-state index in [2.05, 4.69) is 15.6 Å². The first kappa shape index (κ1) is 19.8. The van der Waals surface area contributed by atoms with Crippen molar-refractivity contribution >= 4 is 39.1 Å². The maximum Gasteiger partial charge on any atom is 0.322 e. The first-order chi connectivity index (χ1) is 13.8. The van der Waals surface area contributed by atoms with Crippen molar-refractivity contribution in [2.24, 2.45) is 0 Å². The summed E-state index contributed by atoms with van der Waals surface area (Å²) in [6, 6.07) is 7.32. The number of hydrogen-bond donors (Lipinski definition) is 2. The lowest BCUT2D eigenvalue weighted by molar-refractivity contribution is -0.122. The Labute approximate surface area is 172 Å². The van der Waals surface area contributed by atoms with E-state index in [1.165, 1.54) is 11.2 Å². The summed E-state index contributed by atoms with van der Waals surface area (Å²) in [5, 5.41) is 6.51. The number of thiophene rings is 1. The Kier molecular flexibility index (Phi) is 5.05. The van der Waals surface area contributed by atoms with E-state index in [1.807, 2.05) is 40.7 Å². The second-order valence-electron chi connectivity index (χ2n) is 7.27. The molecule has 0 aliphatic carbocycles. The summed E-state index contributed by atoms with van der Waals surface area (Å²) >= 11 is 1.65. The lowest BCUT2D eigenvalue weighted by atomic mass is 10.1. The molecule has 0 saturated carbocycles. The summed E-state index contributed by atoms with van der Waals surface area (Å²) in [7, 11) is -3.71. The Balaban J connectivity index is 1.39. The maximum atomic E-state index is 12.8. The molecule has 1 atom stereocenters. The minimum atomic E-state index is -3.71. The molecular formula is C18H21N5O4S2. The number of imide groups is 1. The number of nitrogens with one attached hydrogen (secondary N) is 2. The number of sulfonamides is 1. The van der Waals surface area contributed by atoms with Crippen molar-refractivity contribution in [1.29, 1.82) is 0 Å². The third kappa shape index (κ3) is 3.98. The molecule has 2 aliphatic heterocycles. The third-order valence-corrected chi connectivity index (χ3v) is 8.11. The van der Waals surface area contributed by atoms with E-state index in [4.69, 9.17) is 0 Å². The first-order valence-electron chi connectivity index (χ1n) is 9.13. The highest BCUT2D eigenvalue weighted by molar-refractivity contribution is 7.89. The monoisotopic (exact) mass is 435 g/mol. The van der Waals surface area contributed by atoms with Gasteiger partial charge in [-0.15, -0.1) is 11.3 Å². The van der Waals surface area contributed by atoms with Crippen LogP contribution in [-0.4, -0.2) is 67.1 Å². The number of nitrogens with zero attached hydrogens (tertiary/aromatic N) is 3. The van der Waals surface area contributed by atoms with Crippen molar-refractivity contribution in [3.63, 3.8) is 0 Å². The second-order valence-corrected chi connectivity index (χ2v) is 10.2. The van der Waals surface area contributed by atoms with Crippen LogP contribution in [0.15, 0.2) is 35.8 Å². The molecule has 2 aliphatic rings. The molecule has 0 aromatic carbocycles. The van der Waals surface area contributed by atoms with Crippen molar-refractivity contribution in [2.75, 3.05) is 36.8 Å². The lowest BCUT2D eigenvalue weighted by Crippen LogP contribution is -2.55. The van der Waals surface area contributed by atoms with E-state index >= 15 is 0 Å². The number of carbonyl (C=O) groups excluding carboxylic acids is 2. The van der Waals surface area contributed by atoms with E-state index < -0.39 is 33.3 Å². The van der Waals surface area contributed by atoms with Crippen LogP contribution in [0.25, 0.3) is 10.4 Å². The number of anilines is 1. The highest BCUT2D eigenvalue weighted by Gasteiger charge is 2.46. The van der Waals surface area contributed by atoms with Crippen molar-refractivity contribution < 1.29 is 18.0 Å². The van der Waals surface area contributed by atoms with Gasteiger partial charge in [0.05, 0.1) is 5.75 Å². The van der Waals surface area contributed by atoms with Gasteiger partial charge < -0.3 is 10.2 Å². The molecule has 9 nitrogen and oxygen atoms in total. The maximum absolute atomic E-state index is 12.8. The van der Waals surface area contributed by atoms with Gasteiger partial charge in [-0.1, -0.05) is 6.07 Å². The fraction of sp³-hybridized carbons (Fsp3) is 0.389. The zero-order valence-electron chi connectivity index (χ0n) is 15.8. The Morgan fingerprint density at radius 1 is 1.17 bits per heavy atom. The number of pyridine rings is 1. The molecule has 2 aromatic rings. The SMILES string of the molecule is C[C@]1(CS(=O)(=O)N2CCN(c3ccc(-c4cccs4)cn3)CC2)NC(=O)NC1=O. The first-order valence-corrected chi connectivity index (χ1v) is 11.6. The van der Waals surface area contributed by atoms with Crippen LogP contribution in [0.2, 0.25) is 0 Å². The molecule has 4 heterocycles. The molecule has 29 heavy (non-hydrogen) atoms. The van der Waals surface area contributed by atoms with Gasteiger partial charge in [0.2, 0.25) is 10.0 Å². The number of rotatable bonds is 5. The van der Waals surface area contributed by atoms with Gasteiger partial charge in [-0.05, 0) is 30.5 Å². The smallest absolute Gasteiger partial charge is 0.322 e. The minimum Gasteiger partial charge on any atom is -0.354 e. The molecule has 0 radical (unpaired) electrons. The van der Waals surface area contributed by atoms with Gasteiger partial charge in [0.1, 0.15) is 11.4 Å². The van der Waals surface area contributed by atoms with Crippen molar-refractivity contribution in [1.82, 2.24) is 19.9 Å². The molecule has 2 aromatic heterocycles. The molecular weight excluding hydrogens is 414 g/mol. The molecule has 2 fully saturated rings. The van der Waals surface area contributed by atoms with Crippen LogP contribution in [0.5, 0.6) is 0 Å². The molecule has 2 N–H and O–H groups in total. The quantitative estimate of drug-likeness (QED) is 0.674. The summed E-state index contributed by atoms with van der Waals surface area (Å²) in [4.78, 5) is 31.0. The Hall–Kier alpha value is -2.50. The summed E-state index contributed by atoms with van der Waals surface area (Å²) in [6.45, 7) is 3.00. The normalized spacial score (nSPS) is 23.1. The Morgan fingerprint density at radius 3 is 2.48 bits per heavy atom. The van der Waals surface area contributed by atoms with Crippen molar-refractivity contribution in [2.45, 2.75) is 12.5 Å². The van der Waals surface area contributed by atoms with Gasteiger partial charge in [0, 0.05) is 42.8 Å². The number of aromatic nitrogens is 1. The topological polar surface area (TPSA) is 112 Å². The standard InChI is InChI=1S/C18H21N5O4S2/c1-18(16(24)20-17(25)21-18)12-29(26,27)23-8-6-22(7-9-23)15-5-4-13(11-19-15)14-3-2-10-28-14/h2-5,10-11H,6-9,12H2,1H3,(H2,20,21,24,25)/t18-/m1/s1. The molecule has 0 spiro atoms. The summed E-state index contributed by atoms with van der Waals surface area (Å²) in [6.07, 6.45) is 1.83. The number of piperazine rings is 1. The molecule has 4 rings (SSSR count). The third-order valence-electron chi connectivity index (χ3n) is 5.10. The van der Waals surface area contributed by atoms with E-state index in [1.54, 1.807) is 11.3 Å². The molecule has 3 amide bonds. The highest BCUT2D eigenvalue weighted by atomic mass is 32.2. The molecule has 154 valence electrons. The largest absolute Gasteiger partial charge is 0.354 e. The fourth-order valence-electron chi connectivity index (χ4n) is 3.49. The van der Waals surface area contributed by atoms with Gasteiger partial charge in [-0.25, -0.2) is 18.2 Å². The molecule has 11 heteroatoms. The average Bonchev–Trinajstić information content (AvgIpc) is 3.30. The predicted octanol–water partition coefficient (Wildman–Crippen LogP) is 0.860. The molecule has 0 unspecified atom stereocenters. The van der Waals surface area contributed by atoms with Crippen LogP contribution in [0.3, 0.4) is 0 Å². The van der Waals surface area contributed by atoms with Crippen LogP contribution >= 0.6 is 11.3 Å². The Bertz CT molecular complexity index is 1020. The molecule has 2 saturated heterocycles. The van der Waals surface area contributed by atoms with Gasteiger partial charge >= 0.3 is 6.03 Å². The second kappa shape index (κ2) is 7.39. The van der Waals surface area contributed by atoms with Gasteiger partial charge in [-0.3, -0.25) is 10.1 Å². The summed E-state index contributed by atoms with van der Waals surface area (Å²) < 4.78 is 26.9. The van der Waals surface area contributed by atoms with Crippen LogP contribution in [-0.2, 0) is 14.8 Å². The van der Waals surface area contributed by atoms with Crippen LogP contribution < -0.4 is 15.5 Å². The van der Waals surface area contributed by atoms with Crippen molar-refractivity contribution in [3.05, 3.63) is 35.8 Å². The summed E-state index contributed by atoms with van der Waals surface area (Å²) in [5.74, 6) is -0.290. The number of carbonyl (C=O) groups is 2. The van der Waals surface area contributed by atoms with Crippen LogP contribution in [0.4, 0.5) is 10.6 Å². The fourth-order valence-corrected chi connectivity index (χ4v) is 6.05. The Morgan fingerprint density at radius 2 is 1.93 bits per heavy atom. The van der Waals surface area contributed by atoms with Gasteiger partial charge in [0.25, 0.3) is 5.91 Å².